The highest BCUT2D eigenvalue weighted by Gasteiger charge is 2.18. The molecule has 0 radical (unpaired) electrons. The standard InChI is InChI=1S/C65H121NO3/c1-3-5-7-9-11-13-15-17-19-21-23-25-27-29-31-32-33-35-36-38-40-42-44-46-48-50-52-54-56-58-60-64(68)63(62-67)66-65(69)61-59-57-55-53-51-49-47-45-43-41-39-37-34-30-28-26-24-22-20-18-16-14-12-10-8-6-4-2/h16,18,22,24,42,44,50,52,58,60,63-64,67-68H,3-15,17,19-21,23,25-41,43,45-49,51,53-57,59,61-62H2,1-2H3,(H,66,69)/b18-16-,24-22-,44-42+,52-50+,60-58+. The topological polar surface area (TPSA) is 69.6 Å². The predicted octanol–water partition coefficient (Wildman–Crippen LogP) is 20.8. The van der Waals surface area contributed by atoms with Crippen molar-refractivity contribution < 1.29 is 15.0 Å². The molecule has 0 aromatic carbocycles. The minimum atomic E-state index is -0.873. The van der Waals surface area contributed by atoms with Crippen LogP contribution in [-0.2, 0) is 4.79 Å². The number of unbranched alkanes of at least 4 members (excludes halogenated alkanes) is 42. The number of carbonyl (C=O) groups excluding carboxylic acids is 1. The molecule has 0 saturated heterocycles. The Balaban J connectivity index is 3.53. The van der Waals surface area contributed by atoms with Gasteiger partial charge in [0.25, 0.3) is 0 Å². The summed E-state index contributed by atoms with van der Waals surface area (Å²) in [6, 6.07) is -0.649. The van der Waals surface area contributed by atoms with E-state index in [0.717, 1.165) is 44.9 Å². The maximum atomic E-state index is 12.5. The first-order valence-corrected chi connectivity index (χ1v) is 31.0. The fraction of sp³-hybridized carbons (Fsp3) is 0.831. The maximum absolute atomic E-state index is 12.5. The van der Waals surface area contributed by atoms with Gasteiger partial charge in [-0.2, -0.15) is 0 Å². The van der Waals surface area contributed by atoms with Gasteiger partial charge in [-0.05, 0) is 77.0 Å². The molecule has 1 amide bonds. The van der Waals surface area contributed by atoms with E-state index in [2.05, 4.69) is 67.8 Å². The summed E-state index contributed by atoms with van der Waals surface area (Å²) in [6.07, 6.45) is 85.6. The van der Waals surface area contributed by atoms with E-state index in [1.807, 2.05) is 6.08 Å². The Morgan fingerprint density at radius 2 is 0.609 bits per heavy atom. The lowest BCUT2D eigenvalue weighted by molar-refractivity contribution is -0.123. The predicted molar refractivity (Wildman–Crippen MR) is 308 cm³/mol. The number of rotatable bonds is 57. The molecule has 0 aromatic heterocycles. The minimum absolute atomic E-state index is 0.0752. The van der Waals surface area contributed by atoms with Gasteiger partial charge in [0.15, 0.2) is 0 Å². The molecule has 0 aromatic rings. The quantitative estimate of drug-likeness (QED) is 0.0420. The summed E-state index contributed by atoms with van der Waals surface area (Å²) in [7, 11) is 0. The average molecular weight is 965 g/mol. The lowest BCUT2D eigenvalue weighted by Crippen LogP contribution is -2.45. The van der Waals surface area contributed by atoms with Gasteiger partial charge in [-0.25, -0.2) is 0 Å². The first kappa shape index (κ1) is 67.1. The fourth-order valence-electron chi connectivity index (χ4n) is 9.48. The Labute approximate surface area is 432 Å². The number of allylic oxidation sites excluding steroid dienone is 9. The van der Waals surface area contributed by atoms with Gasteiger partial charge in [-0.3, -0.25) is 4.79 Å². The summed E-state index contributed by atoms with van der Waals surface area (Å²) in [5, 5.41) is 23.2. The number of aliphatic hydroxyl groups excluding tert-OH is 2. The molecule has 4 nitrogen and oxygen atoms in total. The zero-order valence-electron chi connectivity index (χ0n) is 46.6. The summed E-state index contributed by atoms with van der Waals surface area (Å²) in [6.45, 7) is 4.31. The van der Waals surface area contributed by atoms with Gasteiger partial charge in [0.05, 0.1) is 18.8 Å². The lowest BCUT2D eigenvalue weighted by Gasteiger charge is -2.19. The Hall–Kier alpha value is -1.91. The lowest BCUT2D eigenvalue weighted by atomic mass is 10.0. The highest BCUT2D eigenvalue weighted by Crippen LogP contribution is 2.17. The van der Waals surface area contributed by atoms with Crippen molar-refractivity contribution in [3.63, 3.8) is 0 Å². The van der Waals surface area contributed by atoms with Crippen LogP contribution in [0.1, 0.15) is 328 Å². The van der Waals surface area contributed by atoms with E-state index in [1.165, 1.54) is 263 Å². The van der Waals surface area contributed by atoms with Crippen molar-refractivity contribution in [1.29, 1.82) is 0 Å². The van der Waals surface area contributed by atoms with Crippen LogP contribution in [0.5, 0.6) is 0 Å². The van der Waals surface area contributed by atoms with Crippen molar-refractivity contribution in [2.24, 2.45) is 0 Å². The van der Waals surface area contributed by atoms with Crippen LogP contribution in [0.25, 0.3) is 0 Å². The van der Waals surface area contributed by atoms with Gasteiger partial charge in [0, 0.05) is 6.42 Å². The van der Waals surface area contributed by atoms with Crippen LogP contribution in [0.15, 0.2) is 60.8 Å². The highest BCUT2D eigenvalue weighted by atomic mass is 16.3. The van der Waals surface area contributed by atoms with Crippen LogP contribution in [-0.4, -0.2) is 34.9 Å². The van der Waals surface area contributed by atoms with Gasteiger partial charge < -0.3 is 15.5 Å². The molecule has 0 aliphatic heterocycles. The van der Waals surface area contributed by atoms with Crippen molar-refractivity contribution in [3.05, 3.63) is 60.8 Å². The summed E-state index contributed by atoms with van der Waals surface area (Å²) < 4.78 is 0. The third kappa shape index (κ3) is 56.9. The SMILES string of the molecule is CCCCCCC/C=C\C/C=C\CCCCCCCCCCCCCCCCCC(=O)NC(CO)C(O)/C=C/CC/C=C/CC/C=C/CCCCCCCCCCCCCCCCCCCCCC. The van der Waals surface area contributed by atoms with Gasteiger partial charge in [-0.15, -0.1) is 0 Å². The van der Waals surface area contributed by atoms with Crippen LogP contribution in [0.4, 0.5) is 0 Å². The van der Waals surface area contributed by atoms with E-state index >= 15 is 0 Å². The molecule has 0 rings (SSSR count). The molecule has 2 atom stereocenters. The number of carbonyl (C=O) groups is 1. The Bertz CT molecular complexity index is 1140. The molecular weight excluding hydrogens is 843 g/mol. The molecule has 4 heteroatoms. The number of aliphatic hydroxyl groups is 2. The Morgan fingerprint density at radius 1 is 0.348 bits per heavy atom. The van der Waals surface area contributed by atoms with Crippen molar-refractivity contribution in [3.8, 4) is 0 Å². The van der Waals surface area contributed by atoms with Gasteiger partial charge in [-0.1, -0.05) is 306 Å². The zero-order chi connectivity index (χ0) is 49.9. The van der Waals surface area contributed by atoms with E-state index < -0.39 is 12.1 Å². The van der Waals surface area contributed by atoms with Gasteiger partial charge in [0.1, 0.15) is 0 Å². The smallest absolute Gasteiger partial charge is 0.220 e. The molecule has 3 N–H and O–H groups in total. The monoisotopic (exact) mass is 964 g/mol. The summed E-state index contributed by atoms with van der Waals surface area (Å²) in [5.74, 6) is -0.0752. The fourth-order valence-corrected chi connectivity index (χ4v) is 9.48. The van der Waals surface area contributed by atoms with Gasteiger partial charge in [0.2, 0.25) is 5.91 Å². The minimum Gasteiger partial charge on any atom is -0.394 e. The number of nitrogens with one attached hydrogen (secondary N) is 1. The van der Waals surface area contributed by atoms with Crippen LogP contribution in [0.2, 0.25) is 0 Å². The van der Waals surface area contributed by atoms with Crippen LogP contribution < -0.4 is 5.32 Å². The van der Waals surface area contributed by atoms with E-state index in [-0.39, 0.29) is 12.5 Å². The number of amides is 1. The van der Waals surface area contributed by atoms with Crippen LogP contribution in [0.3, 0.4) is 0 Å². The number of hydrogen-bond donors (Lipinski definition) is 3. The highest BCUT2D eigenvalue weighted by molar-refractivity contribution is 5.76. The van der Waals surface area contributed by atoms with Crippen LogP contribution >= 0.6 is 0 Å². The first-order chi connectivity index (χ1) is 34.2. The molecule has 0 bridgehead atoms. The molecule has 0 heterocycles. The largest absolute Gasteiger partial charge is 0.394 e. The van der Waals surface area contributed by atoms with Crippen molar-refractivity contribution >= 4 is 5.91 Å². The molecular formula is C65H121NO3. The molecule has 0 aliphatic carbocycles. The van der Waals surface area contributed by atoms with E-state index in [4.69, 9.17) is 0 Å². The summed E-state index contributed by atoms with van der Waals surface area (Å²) in [5.41, 5.74) is 0. The maximum Gasteiger partial charge on any atom is 0.220 e. The normalized spacial score (nSPS) is 13.2. The van der Waals surface area contributed by atoms with E-state index in [9.17, 15) is 15.0 Å². The van der Waals surface area contributed by atoms with E-state index in [0.29, 0.717) is 6.42 Å². The zero-order valence-corrected chi connectivity index (χ0v) is 46.6. The van der Waals surface area contributed by atoms with Crippen molar-refractivity contribution in [2.75, 3.05) is 6.61 Å². The van der Waals surface area contributed by atoms with E-state index in [1.54, 1.807) is 6.08 Å². The molecule has 0 fully saturated rings. The molecule has 0 saturated carbocycles. The van der Waals surface area contributed by atoms with Gasteiger partial charge >= 0.3 is 0 Å². The second-order valence-corrected chi connectivity index (χ2v) is 21.1. The molecule has 69 heavy (non-hydrogen) atoms. The third-order valence-corrected chi connectivity index (χ3v) is 14.2. The third-order valence-electron chi connectivity index (χ3n) is 14.2. The van der Waals surface area contributed by atoms with Crippen molar-refractivity contribution in [1.82, 2.24) is 5.32 Å². The van der Waals surface area contributed by atoms with Crippen LogP contribution in [0, 0.1) is 0 Å². The Kier molecular flexibility index (Phi) is 58.7. The average Bonchev–Trinajstić information content (AvgIpc) is 3.35. The molecule has 404 valence electrons. The number of hydrogen-bond acceptors (Lipinski definition) is 3. The molecule has 2 unspecified atom stereocenters. The Morgan fingerprint density at radius 3 is 0.928 bits per heavy atom. The second kappa shape index (κ2) is 60.4. The molecule has 0 spiro atoms. The second-order valence-electron chi connectivity index (χ2n) is 21.1. The van der Waals surface area contributed by atoms with Crippen molar-refractivity contribution in [2.45, 2.75) is 341 Å². The summed E-state index contributed by atoms with van der Waals surface area (Å²) >= 11 is 0. The summed E-state index contributed by atoms with van der Waals surface area (Å²) in [4.78, 5) is 12.5. The first-order valence-electron chi connectivity index (χ1n) is 31.0. The molecule has 0 aliphatic rings.